The molecule has 0 fully saturated rings. The molecule has 1 heterocycles. The first-order chi connectivity index (χ1) is 14.5. The number of carbonyl (C=O) groups is 1. The molecule has 3 rings (SSSR count). The molecule has 3 aromatic rings. The van der Waals surface area contributed by atoms with E-state index >= 15 is 0 Å². The van der Waals surface area contributed by atoms with E-state index in [1.165, 1.54) is 23.1 Å². The van der Waals surface area contributed by atoms with Gasteiger partial charge in [0.15, 0.2) is 11.5 Å². The van der Waals surface area contributed by atoms with Crippen LogP contribution in [0.3, 0.4) is 0 Å². The predicted octanol–water partition coefficient (Wildman–Crippen LogP) is 6.45. The van der Waals surface area contributed by atoms with Crippen LogP contribution in [-0.2, 0) is 4.79 Å². The lowest BCUT2D eigenvalue weighted by Crippen LogP contribution is -2.01. The van der Waals surface area contributed by atoms with Gasteiger partial charge in [0.05, 0.1) is 34.2 Å². The number of halogens is 1. The Labute approximate surface area is 188 Å². The quantitative estimate of drug-likeness (QED) is 0.372. The van der Waals surface area contributed by atoms with E-state index in [0.717, 1.165) is 32.1 Å². The second-order valence-electron chi connectivity index (χ2n) is 6.29. The number of thioether (sulfide) groups is 1. The van der Waals surface area contributed by atoms with Gasteiger partial charge in [0.25, 0.3) is 0 Å². The SMILES string of the molecule is CCCOc1c(Cl)cc(/C=C(\SCC(=O)O)c2nc3ccccc3s2)cc1OCC. The number of carboxylic acids is 1. The highest BCUT2D eigenvalue weighted by molar-refractivity contribution is 8.09. The fourth-order valence-electron chi connectivity index (χ4n) is 2.71. The molecule has 0 aliphatic carbocycles. The van der Waals surface area contributed by atoms with E-state index in [4.69, 9.17) is 26.2 Å². The van der Waals surface area contributed by atoms with E-state index in [0.29, 0.717) is 29.7 Å². The molecule has 0 unspecified atom stereocenters. The van der Waals surface area contributed by atoms with Gasteiger partial charge in [0, 0.05) is 4.91 Å². The largest absolute Gasteiger partial charge is 0.490 e. The zero-order valence-corrected chi connectivity index (χ0v) is 19.1. The summed E-state index contributed by atoms with van der Waals surface area (Å²) >= 11 is 9.24. The zero-order chi connectivity index (χ0) is 21.5. The Morgan fingerprint density at radius 1 is 1.27 bits per heavy atom. The average Bonchev–Trinajstić information content (AvgIpc) is 3.14. The number of benzene rings is 2. The van der Waals surface area contributed by atoms with Gasteiger partial charge in [-0.1, -0.05) is 30.7 Å². The van der Waals surface area contributed by atoms with E-state index in [1.807, 2.05) is 50.3 Å². The molecule has 0 amide bonds. The normalized spacial score (nSPS) is 11.6. The summed E-state index contributed by atoms with van der Waals surface area (Å²) in [7, 11) is 0. The Balaban J connectivity index is 2.03. The van der Waals surface area contributed by atoms with Crippen molar-refractivity contribution in [2.45, 2.75) is 20.3 Å². The van der Waals surface area contributed by atoms with Crippen LogP contribution in [0.1, 0.15) is 30.8 Å². The van der Waals surface area contributed by atoms with Gasteiger partial charge < -0.3 is 14.6 Å². The molecule has 0 atom stereocenters. The van der Waals surface area contributed by atoms with Crippen molar-refractivity contribution in [3.8, 4) is 11.5 Å². The maximum atomic E-state index is 11.2. The fraction of sp³-hybridized carbons (Fsp3) is 0.273. The predicted molar refractivity (Wildman–Crippen MR) is 126 cm³/mol. The number of aliphatic carboxylic acids is 1. The lowest BCUT2D eigenvalue weighted by molar-refractivity contribution is -0.133. The summed E-state index contributed by atoms with van der Waals surface area (Å²) in [5.41, 5.74) is 1.68. The van der Waals surface area contributed by atoms with Crippen molar-refractivity contribution < 1.29 is 19.4 Å². The molecule has 2 aromatic carbocycles. The van der Waals surface area contributed by atoms with Crippen molar-refractivity contribution in [3.05, 3.63) is 52.0 Å². The Bertz CT molecular complexity index is 1030. The van der Waals surface area contributed by atoms with Crippen molar-refractivity contribution in [2.24, 2.45) is 0 Å². The molecule has 0 spiro atoms. The van der Waals surface area contributed by atoms with E-state index < -0.39 is 5.97 Å². The molecular weight excluding hydrogens is 442 g/mol. The molecule has 5 nitrogen and oxygen atoms in total. The minimum absolute atomic E-state index is 0.0640. The third kappa shape index (κ3) is 5.68. The van der Waals surface area contributed by atoms with Crippen LogP contribution in [-0.4, -0.2) is 35.0 Å². The second-order valence-corrected chi connectivity index (χ2v) is 8.74. The lowest BCUT2D eigenvalue weighted by atomic mass is 10.2. The Morgan fingerprint density at radius 3 is 2.77 bits per heavy atom. The molecule has 0 saturated carbocycles. The smallest absolute Gasteiger partial charge is 0.313 e. The summed E-state index contributed by atoms with van der Waals surface area (Å²) in [6.45, 7) is 4.94. The molecule has 0 radical (unpaired) electrons. The number of fused-ring (bicyclic) bond motifs is 1. The summed E-state index contributed by atoms with van der Waals surface area (Å²) in [4.78, 5) is 16.6. The van der Waals surface area contributed by atoms with Crippen molar-refractivity contribution in [2.75, 3.05) is 19.0 Å². The summed E-state index contributed by atoms with van der Waals surface area (Å²) in [6, 6.07) is 11.5. The van der Waals surface area contributed by atoms with Crippen LogP contribution < -0.4 is 9.47 Å². The summed E-state index contributed by atoms with van der Waals surface area (Å²) in [6.07, 6.45) is 2.75. The number of para-hydroxylation sites is 1. The van der Waals surface area contributed by atoms with Gasteiger partial charge >= 0.3 is 5.97 Å². The highest BCUT2D eigenvalue weighted by Crippen LogP contribution is 2.40. The van der Waals surface area contributed by atoms with Crippen LogP contribution >= 0.6 is 34.7 Å². The van der Waals surface area contributed by atoms with Gasteiger partial charge in [-0.3, -0.25) is 4.79 Å². The first-order valence-electron chi connectivity index (χ1n) is 9.53. The first-order valence-corrected chi connectivity index (χ1v) is 11.7. The number of rotatable bonds is 10. The Morgan fingerprint density at radius 2 is 2.07 bits per heavy atom. The molecular formula is C22H22ClNO4S2. The third-order valence-corrected chi connectivity index (χ3v) is 6.43. The Kier molecular flexibility index (Phi) is 8.01. The van der Waals surface area contributed by atoms with Crippen molar-refractivity contribution in [3.63, 3.8) is 0 Å². The van der Waals surface area contributed by atoms with E-state index in [9.17, 15) is 4.79 Å². The molecule has 0 aliphatic heterocycles. The number of hydrogen-bond acceptors (Lipinski definition) is 6. The molecule has 0 saturated heterocycles. The van der Waals surface area contributed by atoms with Crippen LogP contribution in [0.25, 0.3) is 21.2 Å². The number of aromatic nitrogens is 1. The molecule has 8 heteroatoms. The monoisotopic (exact) mass is 463 g/mol. The van der Waals surface area contributed by atoms with Gasteiger partial charge in [0.1, 0.15) is 5.01 Å². The molecule has 30 heavy (non-hydrogen) atoms. The van der Waals surface area contributed by atoms with Crippen LogP contribution in [0.5, 0.6) is 11.5 Å². The van der Waals surface area contributed by atoms with E-state index in [-0.39, 0.29) is 5.75 Å². The first kappa shape index (κ1) is 22.5. The highest BCUT2D eigenvalue weighted by atomic mass is 35.5. The van der Waals surface area contributed by atoms with Crippen molar-refractivity contribution >= 4 is 61.9 Å². The van der Waals surface area contributed by atoms with Gasteiger partial charge in [-0.2, -0.15) is 0 Å². The van der Waals surface area contributed by atoms with Gasteiger partial charge in [-0.15, -0.1) is 23.1 Å². The van der Waals surface area contributed by atoms with E-state index in [1.54, 1.807) is 6.07 Å². The topological polar surface area (TPSA) is 68.7 Å². The van der Waals surface area contributed by atoms with Gasteiger partial charge in [0.2, 0.25) is 0 Å². The fourth-order valence-corrected chi connectivity index (χ4v) is 4.83. The zero-order valence-electron chi connectivity index (χ0n) is 16.7. The number of ether oxygens (including phenoxy) is 2. The standard InChI is InChI=1S/C22H22ClNO4S2/c1-3-9-28-21-15(23)10-14(11-17(21)27-4-2)12-19(29-13-20(25)26)22-24-16-7-5-6-8-18(16)30-22/h5-8,10-12H,3-4,9,13H2,1-2H3,(H,25,26)/b19-12-. The second kappa shape index (κ2) is 10.7. The van der Waals surface area contributed by atoms with Crippen LogP contribution in [0, 0.1) is 0 Å². The van der Waals surface area contributed by atoms with E-state index in [2.05, 4.69) is 4.98 Å². The molecule has 1 aromatic heterocycles. The maximum Gasteiger partial charge on any atom is 0.313 e. The minimum atomic E-state index is -0.886. The van der Waals surface area contributed by atoms with Crippen LogP contribution in [0.2, 0.25) is 5.02 Å². The summed E-state index contributed by atoms with van der Waals surface area (Å²) < 4.78 is 12.5. The highest BCUT2D eigenvalue weighted by Gasteiger charge is 2.15. The van der Waals surface area contributed by atoms with Gasteiger partial charge in [-0.05, 0) is 49.2 Å². The maximum absolute atomic E-state index is 11.2. The molecule has 1 N–H and O–H groups in total. The third-order valence-electron chi connectivity index (χ3n) is 3.94. The minimum Gasteiger partial charge on any atom is -0.490 e. The number of thiazole rings is 1. The number of carboxylic acid groups (broad SMARTS) is 1. The summed E-state index contributed by atoms with van der Waals surface area (Å²) in [5.74, 6) is 0.142. The molecule has 158 valence electrons. The Hall–Kier alpha value is -2.22. The van der Waals surface area contributed by atoms with Gasteiger partial charge in [-0.25, -0.2) is 4.98 Å². The van der Waals surface area contributed by atoms with Crippen molar-refractivity contribution in [1.82, 2.24) is 4.98 Å². The molecule has 0 bridgehead atoms. The lowest BCUT2D eigenvalue weighted by Gasteiger charge is -2.14. The van der Waals surface area contributed by atoms with Crippen LogP contribution in [0.4, 0.5) is 0 Å². The van der Waals surface area contributed by atoms with Crippen molar-refractivity contribution in [1.29, 1.82) is 0 Å². The molecule has 0 aliphatic rings. The van der Waals surface area contributed by atoms with Crippen LogP contribution in [0.15, 0.2) is 36.4 Å². The number of nitrogens with zero attached hydrogens (tertiary/aromatic N) is 1. The number of hydrogen-bond donors (Lipinski definition) is 1. The average molecular weight is 464 g/mol. The summed E-state index contributed by atoms with van der Waals surface area (Å²) in [5, 5.41) is 10.4.